The zero-order valence-electron chi connectivity index (χ0n) is 13.4. The van der Waals surface area contributed by atoms with Gasteiger partial charge < -0.3 is 20.9 Å². The number of carbonyl (C=O) groups is 3. The van der Waals surface area contributed by atoms with Crippen molar-refractivity contribution in [2.75, 3.05) is 39.0 Å². The number of anilines is 1. The Hall–Kier alpha value is -2.67. The number of rotatable bonds is 7. The van der Waals surface area contributed by atoms with Crippen LogP contribution in [-0.2, 0) is 9.59 Å². The molecule has 0 fully saturated rings. The average molecular weight is 318 g/mol. The molecule has 0 saturated carbocycles. The molecule has 0 aliphatic rings. The molecule has 1 aromatic carbocycles. The Kier molecular flexibility index (Phi) is 7.49. The van der Waals surface area contributed by atoms with Crippen LogP contribution in [0.5, 0.6) is 0 Å². The normalized spacial score (nSPS) is 10.0. The third-order valence-electron chi connectivity index (χ3n) is 2.88. The van der Waals surface area contributed by atoms with Crippen LogP contribution in [0.3, 0.4) is 0 Å². The summed E-state index contributed by atoms with van der Waals surface area (Å²) in [7, 11) is 3.73. The Morgan fingerprint density at radius 1 is 1.13 bits per heavy atom. The van der Waals surface area contributed by atoms with Gasteiger partial charge in [0.05, 0.1) is 11.3 Å². The number of hydrogen-bond donors (Lipinski definition) is 3. The largest absolute Gasteiger partial charge is 0.349 e. The van der Waals surface area contributed by atoms with E-state index in [1.54, 1.807) is 30.3 Å². The summed E-state index contributed by atoms with van der Waals surface area (Å²) in [5.74, 6) is -1.91. The van der Waals surface area contributed by atoms with Gasteiger partial charge in [0.25, 0.3) is 5.91 Å². The van der Waals surface area contributed by atoms with E-state index in [9.17, 15) is 14.4 Å². The van der Waals surface area contributed by atoms with Crippen molar-refractivity contribution in [1.29, 1.82) is 0 Å². The number of carbonyl (C=O) groups excluding carboxylic acids is 3. The number of amides is 3. The minimum atomic E-state index is -0.812. The van der Waals surface area contributed by atoms with Crippen molar-refractivity contribution in [2.24, 2.45) is 0 Å². The Balaban J connectivity index is 2.69. The first-order valence-corrected chi connectivity index (χ1v) is 7.17. The van der Waals surface area contributed by atoms with Gasteiger partial charge in [-0.05, 0) is 26.2 Å². The molecule has 23 heavy (non-hydrogen) atoms. The third-order valence-corrected chi connectivity index (χ3v) is 2.88. The highest BCUT2D eigenvalue weighted by molar-refractivity contribution is 6.40. The van der Waals surface area contributed by atoms with Gasteiger partial charge in [-0.25, -0.2) is 0 Å². The Morgan fingerprint density at radius 3 is 2.48 bits per heavy atom. The second-order valence-corrected chi connectivity index (χ2v) is 5.06. The maximum absolute atomic E-state index is 12.0. The lowest BCUT2D eigenvalue weighted by atomic mass is 10.1. The van der Waals surface area contributed by atoms with E-state index in [0.717, 1.165) is 0 Å². The molecule has 0 heterocycles. The molecule has 0 spiro atoms. The number of benzene rings is 1. The molecule has 1 rings (SSSR count). The van der Waals surface area contributed by atoms with Crippen LogP contribution in [0.25, 0.3) is 0 Å². The summed E-state index contributed by atoms with van der Waals surface area (Å²) in [4.78, 5) is 37.5. The van der Waals surface area contributed by atoms with Crippen LogP contribution in [0.1, 0.15) is 10.4 Å². The summed E-state index contributed by atoms with van der Waals surface area (Å²) in [6.07, 6.45) is 1.55. The Morgan fingerprint density at radius 2 is 1.83 bits per heavy atom. The fraction of sp³-hybridized carbons (Fsp3) is 0.312. The molecule has 0 aliphatic heterocycles. The lowest BCUT2D eigenvalue weighted by molar-refractivity contribution is -0.136. The predicted octanol–water partition coefficient (Wildman–Crippen LogP) is 0.219. The van der Waals surface area contributed by atoms with Crippen molar-refractivity contribution in [3.63, 3.8) is 0 Å². The monoisotopic (exact) mass is 318 g/mol. The van der Waals surface area contributed by atoms with Crippen molar-refractivity contribution >= 4 is 23.4 Å². The summed E-state index contributed by atoms with van der Waals surface area (Å²) in [6.45, 7) is 4.82. The molecule has 0 saturated heterocycles. The van der Waals surface area contributed by atoms with Crippen molar-refractivity contribution in [1.82, 2.24) is 15.5 Å². The van der Waals surface area contributed by atoms with E-state index in [2.05, 4.69) is 22.5 Å². The second-order valence-electron chi connectivity index (χ2n) is 5.06. The first-order chi connectivity index (χ1) is 11.0. The molecule has 7 heteroatoms. The van der Waals surface area contributed by atoms with E-state index in [1.807, 2.05) is 19.0 Å². The van der Waals surface area contributed by atoms with E-state index < -0.39 is 11.8 Å². The summed E-state index contributed by atoms with van der Waals surface area (Å²) in [5.41, 5.74) is 0.561. The number of para-hydroxylation sites is 1. The molecule has 0 atom stereocenters. The van der Waals surface area contributed by atoms with Crippen LogP contribution in [-0.4, -0.2) is 56.4 Å². The summed E-state index contributed by atoms with van der Waals surface area (Å²) >= 11 is 0. The van der Waals surface area contributed by atoms with Gasteiger partial charge in [0.1, 0.15) is 0 Å². The first-order valence-electron chi connectivity index (χ1n) is 7.17. The van der Waals surface area contributed by atoms with Gasteiger partial charge >= 0.3 is 11.8 Å². The number of hydrogen-bond acceptors (Lipinski definition) is 4. The number of nitrogens with zero attached hydrogens (tertiary/aromatic N) is 1. The van der Waals surface area contributed by atoms with Crippen LogP contribution in [0.15, 0.2) is 36.9 Å². The van der Waals surface area contributed by atoms with Crippen LogP contribution in [0.2, 0.25) is 0 Å². The fourth-order valence-corrected chi connectivity index (χ4v) is 1.70. The Bertz CT molecular complexity index is 584. The molecule has 0 aliphatic carbocycles. The smallest absolute Gasteiger partial charge is 0.313 e. The Labute approximate surface area is 135 Å². The van der Waals surface area contributed by atoms with Gasteiger partial charge in [0.2, 0.25) is 0 Å². The molecule has 0 aromatic heterocycles. The molecule has 0 unspecified atom stereocenters. The van der Waals surface area contributed by atoms with E-state index in [0.29, 0.717) is 19.6 Å². The van der Waals surface area contributed by atoms with Crippen molar-refractivity contribution in [3.05, 3.63) is 42.5 Å². The maximum atomic E-state index is 12.0. The van der Waals surface area contributed by atoms with Crippen LogP contribution in [0.4, 0.5) is 5.69 Å². The minimum absolute atomic E-state index is 0.279. The zero-order chi connectivity index (χ0) is 17.2. The van der Waals surface area contributed by atoms with Gasteiger partial charge in [-0.3, -0.25) is 14.4 Å². The molecule has 3 amide bonds. The topological polar surface area (TPSA) is 90.5 Å². The van der Waals surface area contributed by atoms with Crippen molar-refractivity contribution in [3.8, 4) is 0 Å². The van der Waals surface area contributed by atoms with E-state index in [-0.39, 0.29) is 17.2 Å². The van der Waals surface area contributed by atoms with Crippen molar-refractivity contribution in [2.45, 2.75) is 0 Å². The van der Waals surface area contributed by atoms with Crippen molar-refractivity contribution < 1.29 is 14.4 Å². The predicted molar refractivity (Wildman–Crippen MR) is 89.2 cm³/mol. The SMILES string of the molecule is C=CCNC(=O)c1ccccc1NC(=O)C(=O)NCCN(C)C. The molecular weight excluding hydrogens is 296 g/mol. The quantitative estimate of drug-likeness (QED) is 0.495. The van der Waals surface area contributed by atoms with Gasteiger partial charge in [-0.2, -0.15) is 0 Å². The van der Waals surface area contributed by atoms with E-state index >= 15 is 0 Å². The minimum Gasteiger partial charge on any atom is -0.349 e. The lowest BCUT2D eigenvalue weighted by Gasteiger charge is -2.12. The van der Waals surface area contributed by atoms with Gasteiger partial charge in [0, 0.05) is 19.6 Å². The highest BCUT2D eigenvalue weighted by Crippen LogP contribution is 2.14. The van der Waals surface area contributed by atoms with Crippen LogP contribution < -0.4 is 16.0 Å². The molecule has 0 radical (unpaired) electrons. The third kappa shape index (κ3) is 6.31. The number of nitrogens with one attached hydrogen (secondary N) is 3. The van der Waals surface area contributed by atoms with Gasteiger partial charge in [0.15, 0.2) is 0 Å². The first kappa shape index (κ1) is 18.4. The second kappa shape index (κ2) is 9.37. The summed E-state index contributed by atoms with van der Waals surface area (Å²) in [6, 6.07) is 6.48. The molecule has 0 bridgehead atoms. The van der Waals surface area contributed by atoms with Crippen LogP contribution >= 0.6 is 0 Å². The highest BCUT2D eigenvalue weighted by atomic mass is 16.2. The number of likely N-dealkylation sites (N-methyl/N-ethyl adjacent to an activating group) is 1. The molecule has 3 N–H and O–H groups in total. The van der Waals surface area contributed by atoms with E-state index in [4.69, 9.17) is 0 Å². The maximum Gasteiger partial charge on any atom is 0.313 e. The average Bonchev–Trinajstić information content (AvgIpc) is 2.52. The summed E-state index contributed by atoms with van der Waals surface area (Å²) < 4.78 is 0. The zero-order valence-corrected chi connectivity index (χ0v) is 13.4. The van der Waals surface area contributed by atoms with E-state index in [1.165, 1.54) is 0 Å². The van der Waals surface area contributed by atoms with Gasteiger partial charge in [-0.15, -0.1) is 6.58 Å². The van der Waals surface area contributed by atoms with Crippen LogP contribution in [0, 0.1) is 0 Å². The molecule has 1 aromatic rings. The molecule has 7 nitrogen and oxygen atoms in total. The fourth-order valence-electron chi connectivity index (χ4n) is 1.70. The highest BCUT2D eigenvalue weighted by Gasteiger charge is 2.17. The van der Waals surface area contributed by atoms with Gasteiger partial charge in [-0.1, -0.05) is 18.2 Å². The lowest BCUT2D eigenvalue weighted by Crippen LogP contribution is -2.39. The standard InChI is InChI=1S/C16H22N4O3/c1-4-9-17-14(21)12-7-5-6-8-13(12)19-16(23)15(22)18-10-11-20(2)3/h4-8H,1,9-11H2,2-3H3,(H,17,21)(H,18,22)(H,19,23). The molecule has 124 valence electrons. The summed E-state index contributed by atoms with van der Waals surface area (Å²) in [5, 5.41) is 7.59. The molecular formula is C16H22N4O3.